The van der Waals surface area contributed by atoms with E-state index in [0.717, 1.165) is 36.5 Å². The Kier molecular flexibility index (Phi) is 3.26. The standard InChI is InChI=1S/C18H20N2O2/c1-22-15-4-2-13(3-5-15)16-6-7-17-14-8-12(9-19-10-14)11-20(17)18(16)21/h2-7,12,14,19H,8-11H2,1H3. The molecule has 1 N–H and O–H groups in total. The van der Waals surface area contributed by atoms with Gasteiger partial charge < -0.3 is 14.6 Å². The molecule has 3 heterocycles. The summed E-state index contributed by atoms with van der Waals surface area (Å²) < 4.78 is 7.19. The molecule has 2 unspecified atom stereocenters. The summed E-state index contributed by atoms with van der Waals surface area (Å²) in [5, 5.41) is 3.48. The highest BCUT2D eigenvalue weighted by Gasteiger charge is 2.31. The number of methoxy groups -OCH3 is 1. The number of rotatable bonds is 2. The molecule has 1 fully saturated rings. The van der Waals surface area contributed by atoms with E-state index in [1.165, 1.54) is 12.1 Å². The zero-order valence-corrected chi connectivity index (χ0v) is 12.7. The lowest BCUT2D eigenvalue weighted by molar-refractivity contribution is 0.257. The Hall–Kier alpha value is -2.07. The number of nitrogens with zero attached hydrogens (tertiary/aromatic N) is 1. The number of hydrogen-bond donors (Lipinski definition) is 1. The van der Waals surface area contributed by atoms with Crippen molar-refractivity contribution in [3.05, 3.63) is 52.4 Å². The van der Waals surface area contributed by atoms with E-state index in [-0.39, 0.29) is 5.56 Å². The number of ether oxygens (including phenoxy) is 1. The van der Waals surface area contributed by atoms with Crippen LogP contribution in [0.25, 0.3) is 11.1 Å². The maximum Gasteiger partial charge on any atom is 0.258 e. The molecule has 2 aromatic rings. The topological polar surface area (TPSA) is 43.3 Å². The normalized spacial score (nSPS) is 23.0. The summed E-state index contributed by atoms with van der Waals surface area (Å²) in [6, 6.07) is 11.8. The molecular formula is C18H20N2O2. The summed E-state index contributed by atoms with van der Waals surface area (Å²) in [5.74, 6) is 1.86. The van der Waals surface area contributed by atoms with Crippen LogP contribution in [0.2, 0.25) is 0 Å². The van der Waals surface area contributed by atoms with Crippen molar-refractivity contribution in [3.63, 3.8) is 0 Å². The summed E-state index contributed by atoms with van der Waals surface area (Å²) >= 11 is 0. The van der Waals surface area contributed by atoms with Crippen LogP contribution in [-0.2, 0) is 6.54 Å². The van der Waals surface area contributed by atoms with Crippen molar-refractivity contribution < 1.29 is 4.74 Å². The highest BCUT2D eigenvalue weighted by atomic mass is 16.5. The highest BCUT2D eigenvalue weighted by Crippen LogP contribution is 2.32. The van der Waals surface area contributed by atoms with Crippen LogP contribution >= 0.6 is 0 Å². The zero-order valence-electron chi connectivity index (χ0n) is 12.7. The van der Waals surface area contributed by atoms with E-state index >= 15 is 0 Å². The molecule has 1 aromatic carbocycles. The third-order valence-corrected chi connectivity index (χ3v) is 4.91. The van der Waals surface area contributed by atoms with Crippen LogP contribution in [0, 0.1) is 5.92 Å². The molecule has 4 heteroatoms. The molecule has 2 bridgehead atoms. The molecule has 22 heavy (non-hydrogen) atoms. The SMILES string of the molecule is COc1ccc(-c2ccc3n(c2=O)CC2CNCC3C2)cc1. The summed E-state index contributed by atoms with van der Waals surface area (Å²) in [6.45, 7) is 2.84. The van der Waals surface area contributed by atoms with Gasteiger partial charge >= 0.3 is 0 Å². The third kappa shape index (κ3) is 2.15. The number of nitrogens with one attached hydrogen (secondary N) is 1. The monoisotopic (exact) mass is 296 g/mol. The molecule has 1 aromatic heterocycles. The van der Waals surface area contributed by atoms with Crippen LogP contribution < -0.4 is 15.6 Å². The fraction of sp³-hybridized carbons (Fsp3) is 0.389. The average molecular weight is 296 g/mol. The van der Waals surface area contributed by atoms with Gasteiger partial charge in [-0.05, 0) is 48.7 Å². The molecule has 4 nitrogen and oxygen atoms in total. The van der Waals surface area contributed by atoms with Crippen LogP contribution in [0.1, 0.15) is 18.0 Å². The lowest BCUT2D eigenvalue weighted by atomic mass is 9.84. The Bertz CT molecular complexity index is 749. The molecule has 0 saturated carbocycles. The molecule has 2 aliphatic heterocycles. The molecule has 114 valence electrons. The summed E-state index contributed by atoms with van der Waals surface area (Å²) in [7, 11) is 1.65. The Morgan fingerprint density at radius 2 is 1.95 bits per heavy atom. The van der Waals surface area contributed by atoms with Gasteiger partial charge in [0.25, 0.3) is 5.56 Å². The predicted molar refractivity (Wildman–Crippen MR) is 86.4 cm³/mol. The molecule has 0 radical (unpaired) electrons. The molecule has 1 saturated heterocycles. The first kappa shape index (κ1) is 13.6. The van der Waals surface area contributed by atoms with Gasteiger partial charge in [0.05, 0.1) is 7.11 Å². The van der Waals surface area contributed by atoms with Crippen LogP contribution in [-0.4, -0.2) is 24.8 Å². The van der Waals surface area contributed by atoms with Gasteiger partial charge in [-0.3, -0.25) is 4.79 Å². The third-order valence-electron chi connectivity index (χ3n) is 4.91. The lowest BCUT2D eigenvalue weighted by Gasteiger charge is -2.37. The van der Waals surface area contributed by atoms with E-state index in [2.05, 4.69) is 11.4 Å². The fourth-order valence-corrected chi connectivity index (χ4v) is 3.78. The van der Waals surface area contributed by atoms with Crippen LogP contribution in [0.4, 0.5) is 0 Å². The van der Waals surface area contributed by atoms with E-state index in [0.29, 0.717) is 11.8 Å². The van der Waals surface area contributed by atoms with Gasteiger partial charge in [0.15, 0.2) is 0 Å². The van der Waals surface area contributed by atoms with Crippen molar-refractivity contribution in [2.75, 3.05) is 20.2 Å². The quantitative estimate of drug-likeness (QED) is 0.924. The molecule has 2 atom stereocenters. The lowest BCUT2D eigenvalue weighted by Crippen LogP contribution is -2.45. The number of piperidine rings is 1. The van der Waals surface area contributed by atoms with E-state index in [4.69, 9.17) is 4.74 Å². The number of aromatic nitrogens is 1. The van der Waals surface area contributed by atoms with Crippen molar-refractivity contribution in [2.45, 2.75) is 18.9 Å². The van der Waals surface area contributed by atoms with Crippen molar-refractivity contribution in [1.82, 2.24) is 9.88 Å². The molecule has 2 aliphatic rings. The highest BCUT2D eigenvalue weighted by molar-refractivity contribution is 5.63. The number of benzene rings is 1. The Morgan fingerprint density at radius 3 is 2.73 bits per heavy atom. The van der Waals surface area contributed by atoms with Gasteiger partial charge in [0.2, 0.25) is 0 Å². The van der Waals surface area contributed by atoms with Gasteiger partial charge in [-0.15, -0.1) is 0 Å². The van der Waals surface area contributed by atoms with Crippen LogP contribution in [0.5, 0.6) is 5.75 Å². The molecular weight excluding hydrogens is 276 g/mol. The van der Waals surface area contributed by atoms with Crippen molar-refractivity contribution in [3.8, 4) is 16.9 Å². The van der Waals surface area contributed by atoms with Gasteiger partial charge in [0.1, 0.15) is 5.75 Å². The van der Waals surface area contributed by atoms with Crippen LogP contribution in [0.15, 0.2) is 41.2 Å². The zero-order chi connectivity index (χ0) is 15.1. The second-order valence-corrected chi connectivity index (χ2v) is 6.27. The predicted octanol–water partition coefficient (Wildman–Crippen LogP) is 2.23. The Labute approximate surface area is 129 Å². The minimum atomic E-state index is 0.138. The largest absolute Gasteiger partial charge is 0.497 e. The van der Waals surface area contributed by atoms with Crippen molar-refractivity contribution >= 4 is 0 Å². The number of fused-ring (bicyclic) bond motifs is 4. The van der Waals surface area contributed by atoms with Crippen molar-refractivity contribution in [1.29, 1.82) is 0 Å². The summed E-state index contributed by atoms with van der Waals surface area (Å²) in [4.78, 5) is 12.9. The molecule has 0 spiro atoms. The molecule has 0 aliphatic carbocycles. The van der Waals surface area contributed by atoms with E-state index in [9.17, 15) is 4.79 Å². The van der Waals surface area contributed by atoms with Crippen molar-refractivity contribution in [2.24, 2.45) is 5.92 Å². The van der Waals surface area contributed by atoms with E-state index in [1.54, 1.807) is 7.11 Å². The molecule has 0 amide bonds. The first-order valence-electron chi connectivity index (χ1n) is 7.85. The summed E-state index contributed by atoms with van der Waals surface area (Å²) in [6.07, 6.45) is 1.20. The maximum absolute atomic E-state index is 12.9. The van der Waals surface area contributed by atoms with E-state index < -0.39 is 0 Å². The van der Waals surface area contributed by atoms with Gasteiger partial charge in [0, 0.05) is 30.3 Å². The number of hydrogen-bond acceptors (Lipinski definition) is 3. The first-order chi connectivity index (χ1) is 10.8. The van der Waals surface area contributed by atoms with E-state index in [1.807, 2.05) is 34.9 Å². The Balaban J connectivity index is 1.79. The maximum atomic E-state index is 12.9. The second-order valence-electron chi connectivity index (χ2n) is 6.27. The second kappa shape index (κ2) is 5.29. The van der Waals surface area contributed by atoms with Gasteiger partial charge in [-0.1, -0.05) is 12.1 Å². The number of pyridine rings is 1. The Morgan fingerprint density at radius 1 is 1.14 bits per heavy atom. The minimum Gasteiger partial charge on any atom is -0.497 e. The fourth-order valence-electron chi connectivity index (χ4n) is 3.78. The van der Waals surface area contributed by atoms with Crippen LogP contribution in [0.3, 0.4) is 0 Å². The van der Waals surface area contributed by atoms with Gasteiger partial charge in [-0.25, -0.2) is 0 Å². The smallest absolute Gasteiger partial charge is 0.258 e. The molecule has 4 rings (SSSR count). The first-order valence-corrected chi connectivity index (χ1v) is 7.85. The average Bonchev–Trinajstić information content (AvgIpc) is 2.56. The summed E-state index contributed by atoms with van der Waals surface area (Å²) in [5.41, 5.74) is 3.05. The van der Waals surface area contributed by atoms with Gasteiger partial charge in [-0.2, -0.15) is 0 Å². The minimum absolute atomic E-state index is 0.138.